The Labute approximate surface area is 106 Å². The third-order valence-electron chi connectivity index (χ3n) is 2.66. The fourth-order valence-corrected chi connectivity index (χ4v) is 1.75. The highest BCUT2D eigenvalue weighted by atomic mass is 16.6. The molecule has 0 unspecified atom stereocenters. The molecule has 0 amide bonds. The SMILES string of the molecule is Nc1ccc([N+](=O)[O-])cc1-c1nc2ncncc2[nH]1. The lowest BCUT2D eigenvalue weighted by atomic mass is 10.1. The van der Waals surface area contributed by atoms with Gasteiger partial charge in [0, 0.05) is 23.4 Å². The Balaban J connectivity index is 2.20. The van der Waals surface area contributed by atoms with E-state index in [4.69, 9.17) is 5.73 Å². The van der Waals surface area contributed by atoms with Crippen LogP contribution in [-0.2, 0) is 0 Å². The molecular weight excluding hydrogens is 248 g/mol. The molecule has 3 N–H and O–H groups in total. The average Bonchev–Trinajstić information content (AvgIpc) is 2.82. The summed E-state index contributed by atoms with van der Waals surface area (Å²) in [6, 6.07) is 4.20. The molecule has 2 aromatic heterocycles. The summed E-state index contributed by atoms with van der Waals surface area (Å²) >= 11 is 0. The zero-order valence-corrected chi connectivity index (χ0v) is 9.57. The smallest absolute Gasteiger partial charge is 0.270 e. The van der Waals surface area contributed by atoms with Crippen LogP contribution in [0.1, 0.15) is 0 Å². The number of rotatable bonds is 2. The molecule has 0 fully saturated rings. The molecule has 0 saturated heterocycles. The maximum Gasteiger partial charge on any atom is 0.270 e. The van der Waals surface area contributed by atoms with Crippen molar-refractivity contribution in [2.24, 2.45) is 0 Å². The number of non-ortho nitro benzene ring substituents is 1. The maximum atomic E-state index is 10.8. The van der Waals surface area contributed by atoms with E-state index in [0.717, 1.165) is 0 Å². The number of nitrogens with two attached hydrogens (primary N) is 1. The lowest BCUT2D eigenvalue weighted by molar-refractivity contribution is -0.384. The van der Waals surface area contributed by atoms with Gasteiger partial charge in [0.1, 0.15) is 17.7 Å². The third-order valence-corrected chi connectivity index (χ3v) is 2.66. The van der Waals surface area contributed by atoms with Crippen LogP contribution in [0.15, 0.2) is 30.7 Å². The fraction of sp³-hybridized carbons (Fsp3) is 0. The molecule has 0 aliphatic heterocycles. The van der Waals surface area contributed by atoms with E-state index < -0.39 is 4.92 Å². The number of nitro groups is 1. The van der Waals surface area contributed by atoms with Crippen LogP contribution in [0, 0.1) is 10.1 Å². The minimum Gasteiger partial charge on any atom is -0.398 e. The van der Waals surface area contributed by atoms with Crippen molar-refractivity contribution in [3.63, 3.8) is 0 Å². The monoisotopic (exact) mass is 256 g/mol. The topological polar surface area (TPSA) is 124 Å². The Morgan fingerprint density at radius 3 is 2.95 bits per heavy atom. The molecule has 3 aromatic rings. The summed E-state index contributed by atoms with van der Waals surface area (Å²) in [4.78, 5) is 25.4. The first-order valence-electron chi connectivity index (χ1n) is 5.35. The number of H-pyrrole nitrogens is 1. The predicted octanol–water partition coefficient (Wildman–Crippen LogP) is 1.51. The number of aromatic nitrogens is 4. The molecule has 2 heterocycles. The summed E-state index contributed by atoms with van der Waals surface area (Å²) in [6.45, 7) is 0. The van der Waals surface area contributed by atoms with Gasteiger partial charge in [-0.05, 0) is 6.07 Å². The molecule has 0 saturated carbocycles. The summed E-state index contributed by atoms with van der Waals surface area (Å²) in [7, 11) is 0. The first-order chi connectivity index (χ1) is 9.15. The molecule has 0 aliphatic rings. The number of hydrogen-bond donors (Lipinski definition) is 2. The Kier molecular flexibility index (Phi) is 2.34. The number of imidazole rings is 1. The van der Waals surface area contributed by atoms with Crippen molar-refractivity contribution in [2.45, 2.75) is 0 Å². The first kappa shape index (κ1) is 11.1. The number of nitrogens with zero attached hydrogens (tertiary/aromatic N) is 4. The van der Waals surface area contributed by atoms with Crippen LogP contribution in [0.2, 0.25) is 0 Å². The van der Waals surface area contributed by atoms with Crippen LogP contribution in [0.4, 0.5) is 11.4 Å². The van der Waals surface area contributed by atoms with Gasteiger partial charge in [-0.15, -0.1) is 0 Å². The molecule has 8 nitrogen and oxygen atoms in total. The van der Waals surface area contributed by atoms with E-state index >= 15 is 0 Å². The van der Waals surface area contributed by atoms with Crippen LogP contribution >= 0.6 is 0 Å². The second-order valence-corrected chi connectivity index (χ2v) is 3.87. The quantitative estimate of drug-likeness (QED) is 0.407. The molecule has 19 heavy (non-hydrogen) atoms. The van der Waals surface area contributed by atoms with Crippen molar-refractivity contribution in [1.29, 1.82) is 0 Å². The van der Waals surface area contributed by atoms with Crippen molar-refractivity contribution in [3.8, 4) is 11.4 Å². The van der Waals surface area contributed by atoms with Gasteiger partial charge in [0.2, 0.25) is 0 Å². The number of nitro benzene ring substituents is 1. The van der Waals surface area contributed by atoms with Crippen LogP contribution < -0.4 is 5.73 Å². The summed E-state index contributed by atoms with van der Waals surface area (Å²) in [5.41, 5.74) is 7.77. The van der Waals surface area contributed by atoms with Gasteiger partial charge < -0.3 is 10.7 Å². The van der Waals surface area contributed by atoms with Crippen molar-refractivity contribution in [2.75, 3.05) is 5.73 Å². The second-order valence-electron chi connectivity index (χ2n) is 3.87. The van der Waals surface area contributed by atoms with E-state index in [1.54, 1.807) is 6.20 Å². The number of hydrogen-bond acceptors (Lipinski definition) is 6. The summed E-state index contributed by atoms with van der Waals surface area (Å²) < 4.78 is 0. The molecule has 1 aromatic carbocycles. The van der Waals surface area contributed by atoms with Crippen molar-refractivity contribution in [1.82, 2.24) is 19.9 Å². The van der Waals surface area contributed by atoms with Crippen LogP contribution in [0.3, 0.4) is 0 Å². The minimum absolute atomic E-state index is 0.0456. The number of benzene rings is 1. The van der Waals surface area contributed by atoms with Crippen LogP contribution in [-0.4, -0.2) is 24.9 Å². The Morgan fingerprint density at radius 2 is 2.21 bits per heavy atom. The normalized spacial score (nSPS) is 10.7. The molecule has 0 radical (unpaired) electrons. The number of fused-ring (bicyclic) bond motifs is 1. The second kappa shape index (κ2) is 4.02. The Hall–Kier alpha value is -3.03. The van der Waals surface area contributed by atoms with Gasteiger partial charge in [-0.3, -0.25) is 10.1 Å². The number of nitrogen functional groups attached to an aromatic ring is 1. The summed E-state index contributed by atoms with van der Waals surface area (Å²) in [6.07, 6.45) is 2.95. The number of nitrogens with one attached hydrogen (secondary N) is 1. The van der Waals surface area contributed by atoms with E-state index in [-0.39, 0.29) is 5.69 Å². The first-order valence-corrected chi connectivity index (χ1v) is 5.35. The van der Waals surface area contributed by atoms with E-state index in [1.165, 1.54) is 24.5 Å². The zero-order chi connectivity index (χ0) is 13.4. The average molecular weight is 256 g/mol. The predicted molar refractivity (Wildman–Crippen MR) is 68.2 cm³/mol. The molecule has 94 valence electrons. The van der Waals surface area contributed by atoms with Crippen molar-refractivity contribution in [3.05, 3.63) is 40.8 Å². The van der Waals surface area contributed by atoms with Crippen molar-refractivity contribution >= 4 is 22.5 Å². The molecule has 0 bridgehead atoms. The van der Waals surface area contributed by atoms with Gasteiger partial charge in [0.05, 0.1) is 11.1 Å². The fourth-order valence-electron chi connectivity index (χ4n) is 1.75. The van der Waals surface area contributed by atoms with E-state index in [9.17, 15) is 10.1 Å². The van der Waals surface area contributed by atoms with Crippen LogP contribution in [0.5, 0.6) is 0 Å². The van der Waals surface area contributed by atoms with E-state index in [1.807, 2.05) is 0 Å². The standard InChI is InChI=1S/C11H8N6O2/c12-8-2-1-6(17(18)19)3-7(8)10-15-9-4-13-5-14-11(9)16-10/h1-5H,12H2,(H,13,14,15,16). The van der Waals surface area contributed by atoms with Gasteiger partial charge in [-0.25, -0.2) is 15.0 Å². The number of anilines is 1. The zero-order valence-electron chi connectivity index (χ0n) is 9.57. The van der Waals surface area contributed by atoms with Gasteiger partial charge in [0.25, 0.3) is 5.69 Å². The Morgan fingerprint density at radius 1 is 1.37 bits per heavy atom. The van der Waals surface area contributed by atoms with Gasteiger partial charge in [0.15, 0.2) is 5.65 Å². The largest absolute Gasteiger partial charge is 0.398 e. The minimum atomic E-state index is -0.481. The number of aromatic amines is 1. The Bertz CT molecular complexity index is 749. The maximum absolute atomic E-state index is 10.8. The molecule has 3 rings (SSSR count). The van der Waals surface area contributed by atoms with Gasteiger partial charge >= 0.3 is 0 Å². The highest BCUT2D eigenvalue weighted by molar-refractivity contribution is 5.80. The van der Waals surface area contributed by atoms with Crippen LogP contribution in [0.25, 0.3) is 22.6 Å². The summed E-state index contributed by atoms with van der Waals surface area (Å²) in [5, 5.41) is 10.8. The molecule has 0 atom stereocenters. The highest BCUT2D eigenvalue weighted by Gasteiger charge is 2.14. The molecule has 0 spiro atoms. The molecule has 0 aliphatic carbocycles. The van der Waals surface area contributed by atoms with E-state index in [2.05, 4.69) is 19.9 Å². The van der Waals surface area contributed by atoms with E-state index in [0.29, 0.717) is 28.2 Å². The molecule has 8 heteroatoms. The van der Waals surface area contributed by atoms with Gasteiger partial charge in [-0.2, -0.15) is 0 Å². The highest BCUT2D eigenvalue weighted by Crippen LogP contribution is 2.28. The summed E-state index contributed by atoms with van der Waals surface area (Å²) in [5.74, 6) is 0.428. The van der Waals surface area contributed by atoms with Crippen molar-refractivity contribution < 1.29 is 4.92 Å². The molecular formula is C11H8N6O2. The lowest BCUT2D eigenvalue weighted by Gasteiger charge is -2.01. The third kappa shape index (κ3) is 1.84. The lowest BCUT2D eigenvalue weighted by Crippen LogP contribution is -1.94. The van der Waals surface area contributed by atoms with Gasteiger partial charge in [-0.1, -0.05) is 0 Å².